The molecule has 1 heterocycles. The summed E-state index contributed by atoms with van der Waals surface area (Å²) in [5.41, 5.74) is 2.33. The molecule has 1 aliphatic heterocycles. The number of aryl methyl sites for hydroxylation is 1. The van der Waals surface area contributed by atoms with Gasteiger partial charge in [0.1, 0.15) is 18.1 Å². The van der Waals surface area contributed by atoms with Crippen LogP contribution < -0.4 is 14.4 Å². The molecule has 3 rings (SSSR count). The molecule has 1 amide bonds. The predicted molar refractivity (Wildman–Crippen MR) is 95.6 cm³/mol. The molecule has 0 saturated heterocycles. The minimum Gasteiger partial charge on any atom is -0.490 e. The van der Waals surface area contributed by atoms with Gasteiger partial charge in [0.25, 0.3) is 5.91 Å². The second-order valence-corrected chi connectivity index (χ2v) is 5.92. The Morgan fingerprint density at radius 2 is 2.04 bits per heavy atom. The van der Waals surface area contributed by atoms with Gasteiger partial charge in [-0.1, -0.05) is 19.1 Å². The Labute approximate surface area is 147 Å². The quantitative estimate of drug-likeness (QED) is 0.785. The summed E-state index contributed by atoms with van der Waals surface area (Å²) in [5, 5.41) is 0. The lowest BCUT2D eigenvalue weighted by Crippen LogP contribution is -2.40. The van der Waals surface area contributed by atoms with E-state index in [9.17, 15) is 9.59 Å². The lowest BCUT2D eigenvalue weighted by molar-refractivity contribution is -0.120. The Morgan fingerprint density at radius 3 is 2.80 bits per heavy atom. The third kappa shape index (κ3) is 3.82. The highest BCUT2D eigenvalue weighted by molar-refractivity contribution is 6.00. The highest BCUT2D eigenvalue weighted by Crippen LogP contribution is 2.32. The molecule has 0 aliphatic carbocycles. The van der Waals surface area contributed by atoms with Gasteiger partial charge in [-0.05, 0) is 49.2 Å². The fraction of sp³-hybridized carbons (Fsp3) is 0.300. The zero-order valence-corrected chi connectivity index (χ0v) is 14.5. The van der Waals surface area contributed by atoms with Gasteiger partial charge in [0, 0.05) is 5.56 Å². The van der Waals surface area contributed by atoms with Gasteiger partial charge in [0.15, 0.2) is 12.4 Å². The van der Waals surface area contributed by atoms with Crippen molar-refractivity contribution >= 4 is 17.4 Å². The van der Waals surface area contributed by atoms with E-state index in [4.69, 9.17) is 9.47 Å². The van der Waals surface area contributed by atoms with Crippen LogP contribution in [0.4, 0.5) is 5.69 Å². The second-order valence-electron chi connectivity index (χ2n) is 5.92. The van der Waals surface area contributed by atoms with Gasteiger partial charge < -0.3 is 14.4 Å². The van der Waals surface area contributed by atoms with Crippen molar-refractivity contribution in [3.63, 3.8) is 0 Å². The SMILES string of the molecule is CCc1cccc(OCC(=O)N2CCOc3ccc(C(C)=O)cc32)c1. The number of rotatable bonds is 5. The van der Waals surface area contributed by atoms with Crippen molar-refractivity contribution in [3.05, 3.63) is 53.6 Å². The first kappa shape index (κ1) is 17.0. The standard InChI is InChI=1S/C20H21NO4/c1-3-15-5-4-6-17(11-15)25-13-20(23)21-9-10-24-19-8-7-16(14(2)22)12-18(19)21/h4-8,11-12H,3,9-10,13H2,1-2H3. The number of Topliss-reactive ketones (excluding diaryl/α,β-unsaturated/α-hetero) is 1. The van der Waals surface area contributed by atoms with Crippen LogP contribution in [-0.4, -0.2) is 31.4 Å². The van der Waals surface area contributed by atoms with Gasteiger partial charge in [-0.15, -0.1) is 0 Å². The molecule has 5 nitrogen and oxygen atoms in total. The van der Waals surface area contributed by atoms with Crippen LogP contribution in [0.25, 0.3) is 0 Å². The number of carbonyl (C=O) groups excluding carboxylic acids is 2. The predicted octanol–water partition coefficient (Wildman–Crippen LogP) is 3.26. The minimum absolute atomic E-state index is 0.0478. The Bertz CT molecular complexity index is 800. The van der Waals surface area contributed by atoms with Crippen molar-refractivity contribution in [3.8, 4) is 11.5 Å². The van der Waals surface area contributed by atoms with Crippen LogP contribution in [0.15, 0.2) is 42.5 Å². The number of hydrogen-bond acceptors (Lipinski definition) is 4. The molecule has 0 aromatic heterocycles. The number of fused-ring (bicyclic) bond motifs is 1. The van der Waals surface area contributed by atoms with Crippen LogP contribution in [-0.2, 0) is 11.2 Å². The summed E-state index contributed by atoms with van der Waals surface area (Å²) >= 11 is 0. The molecule has 5 heteroatoms. The summed E-state index contributed by atoms with van der Waals surface area (Å²) in [6.07, 6.45) is 0.913. The van der Waals surface area contributed by atoms with E-state index >= 15 is 0 Å². The van der Waals surface area contributed by atoms with Crippen molar-refractivity contribution < 1.29 is 19.1 Å². The van der Waals surface area contributed by atoms with E-state index in [0.717, 1.165) is 12.0 Å². The Morgan fingerprint density at radius 1 is 1.20 bits per heavy atom. The first-order valence-electron chi connectivity index (χ1n) is 8.38. The average molecular weight is 339 g/mol. The smallest absolute Gasteiger partial charge is 0.265 e. The molecule has 130 valence electrons. The van der Waals surface area contributed by atoms with Gasteiger partial charge >= 0.3 is 0 Å². The maximum Gasteiger partial charge on any atom is 0.265 e. The molecule has 0 spiro atoms. The Balaban J connectivity index is 1.75. The third-order valence-electron chi connectivity index (χ3n) is 4.20. The number of ketones is 1. The number of amides is 1. The van der Waals surface area contributed by atoms with Crippen molar-refractivity contribution in [2.24, 2.45) is 0 Å². The van der Waals surface area contributed by atoms with Crippen molar-refractivity contribution in [2.75, 3.05) is 24.7 Å². The van der Waals surface area contributed by atoms with E-state index in [1.807, 2.05) is 24.3 Å². The molecule has 0 atom stereocenters. The van der Waals surface area contributed by atoms with Gasteiger partial charge in [0.05, 0.1) is 12.2 Å². The van der Waals surface area contributed by atoms with Crippen LogP contribution in [0.2, 0.25) is 0 Å². The summed E-state index contributed by atoms with van der Waals surface area (Å²) in [6.45, 7) is 4.37. The Hall–Kier alpha value is -2.82. The van der Waals surface area contributed by atoms with E-state index in [1.165, 1.54) is 6.92 Å². The molecular formula is C20H21NO4. The third-order valence-corrected chi connectivity index (χ3v) is 4.20. The lowest BCUT2D eigenvalue weighted by atomic mass is 10.1. The van der Waals surface area contributed by atoms with Crippen LogP contribution in [0.1, 0.15) is 29.8 Å². The average Bonchev–Trinajstić information content (AvgIpc) is 2.65. The number of anilines is 1. The molecule has 2 aromatic rings. The van der Waals surface area contributed by atoms with Crippen molar-refractivity contribution in [1.29, 1.82) is 0 Å². The minimum atomic E-state index is -0.160. The van der Waals surface area contributed by atoms with Crippen molar-refractivity contribution in [2.45, 2.75) is 20.3 Å². The number of carbonyl (C=O) groups is 2. The normalized spacial score (nSPS) is 13.0. The summed E-state index contributed by atoms with van der Waals surface area (Å²) in [4.78, 5) is 25.9. The maximum atomic E-state index is 12.6. The molecule has 0 radical (unpaired) electrons. The molecule has 0 unspecified atom stereocenters. The highest BCUT2D eigenvalue weighted by atomic mass is 16.5. The first-order chi connectivity index (χ1) is 12.1. The molecule has 0 fully saturated rings. The molecule has 25 heavy (non-hydrogen) atoms. The molecule has 1 aliphatic rings. The van der Waals surface area contributed by atoms with Crippen LogP contribution >= 0.6 is 0 Å². The molecule has 2 aromatic carbocycles. The number of ether oxygens (including phenoxy) is 2. The number of benzene rings is 2. The molecule has 0 saturated carbocycles. The largest absolute Gasteiger partial charge is 0.490 e. The maximum absolute atomic E-state index is 12.6. The van der Waals surface area contributed by atoms with Gasteiger partial charge in [-0.2, -0.15) is 0 Å². The van der Waals surface area contributed by atoms with Crippen LogP contribution in [0.5, 0.6) is 11.5 Å². The fourth-order valence-electron chi connectivity index (χ4n) is 2.77. The zero-order chi connectivity index (χ0) is 17.8. The summed E-state index contributed by atoms with van der Waals surface area (Å²) in [5.74, 6) is 1.08. The monoisotopic (exact) mass is 339 g/mol. The van der Waals surface area contributed by atoms with E-state index in [2.05, 4.69) is 6.92 Å². The van der Waals surface area contributed by atoms with Gasteiger partial charge in [0.2, 0.25) is 0 Å². The number of nitrogens with zero attached hydrogens (tertiary/aromatic N) is 1. The van der Waals surface area contributed by atoms with Crippen LogP contribution in [0.3, 0.4) is 0 Å². The van der Waals surface area contributed by atoms with E-state index in [-0.39, 0.29) is 18.3 Å². The van der Waals surface area contributed by atoms with Gasteiger partial charge in [-0.25, -0.2) is 0 Å². The summed E-state index contributed by atoms with van der Waals surface area (Å²) in [6, 6.07) is 12.9. The van der Waals surface area contributed by atoms with E-state index < -0.39 is 0 Å². The number of hydrogen-bond donors (Lipinski definition) is 0. The fourth-order valence-corrected chi connectivity index (χ4v) is 2.77. The molecule has 0 bridgehead atoms. The van der Waals surface area contributed by atoms with Crippen LogP contribution in [0, 0.1) is 0 Å². The van der Waals surface area contributed by atoms with E-state index in [0.29, 0.717) is 35.9 Å². The lowest BCUT2D eigenvalue weighted by Gasteiger charge is -2.29. The first-order valence-corrected chi connectivity index (χ1v) is 8.38. The topological polar surface area (TPSA) is 55.8 Å². The zero-order valence-electron chi connectivity index (χ0n) is 14.5. The van der Waals surface area contributed by atoms with Crippen molar-refractivity contribution in [1.82, 2.24) is 0 Å². The Kier molecular flexibility index (Phi) is 5.03. The van der Waals surface area contributed by atoms with E-state index in [1.54, 1.807) is 23.1 Å². The summed E-state index contributed by atoms with van der Waals surface area (Å²) in [7, 11) is 0. The highest BCUT2D eigenvalue weighted by Gasteiger charge is 2.25. The second kappa shape index (κ2) is 7.38. The summed E-state index contributed by atoms with van der Waals surface area (Å²) < 4.78 is 11.2. The molecular weight excluding hydrogens is 318 g/mol. The van der Waals surface area contributed by atoms with Gasteiger partial charge in [-0.3, -0.25) is 9.59 Å². The molecule has 0 N–H and O–H groups in total.